The highest BCUT2D eigenvalue weighted by atomic mass is 16.7. The Morgan fingerprint density at radius 1 is 0.682 bits per heavy atom. The zero-order valence-electron chi connectivity index (χ0n) is 12.1. The van der Waals surface area contributed by atoms with E-state index in [1.165, 1.54) is 0 Å². The first-order chi connectivity index (χ1) is 10.7. The van der Waals surface area contributed by atoms with Gasteiger partial charge in [0.2, 0.25) is 0 Å². The molecular formula is C17H18O5. The molecule has 0 aromatic heterocycles. The Hall–Kier alpha value is -2.37. The zero-order chi connectivity index (χ0) is 15.8. The average Bonchev–Trinajstić information content (AvgIpc) is 2.59. The van der Waals surface area contributed by atoms with E-state index in [0.29, 0.717) is 0 Å². The first-order valence-corrected chi connectivity index (χ1v) is 6.88. The number of aliphatic hydroxyl groups excluding tert-OH is 2. The normalized spacial score (nSPS) is 10.3. The van der Waals surface area contributed by atoms with Crippen molar-refractivity contribution in [1.82, 2.24) is 0 Å². The van der Waals surface area contributed by atoms with Crippen LogP contribution in [-0.4, -0.2) is 16.4 Å². The van der Waals surface area contributed by atoms with Crippen molar-refractivity contribution in [3.05, 3.63) is 70.8 Å². The number of ether oxygens (including phenoxy) is 2. The molecule has 2 aromatic carbocycles. The predicted molar refractivity (Wildman–Crippen MR) is 79.7 cm³/mol. The van der Waals surface area contributed by atoms with Gasteiger partial charge in [0, 0.05) is 0 Å². The van der Waals surface area contributed by atoms with Crippen molar-refractivity contribution in [3.63, 3.8) is 0 Å². The Bertz CT molecular complexity index is 536. The number of aliphatic hydroxyl groups is 2. The van der Waals surface area contributed by atoms with Gasteiger partial charge >= 0.3 is 6.16 Å². The van der Waals surface area contributed by atoms with E-state index < -0.39 is 6.16 Å². The summed E-state index contributed by atoms with van der Waals surface area (Å²) >= 11 is 0. The summed E-state index contributed by atoms with van der Waals surface area (Å²) < 4.78 is 10.0. The Balaban J connectivity index is 1.74. The van der Waals surface area contributed by atoms with Crippen LogP contribution in [0.15, 0.2) is 48.5 Å². The molecule has 0 aliphatic heterocycles. The van der Waals surface area contributed by atoms with Crippen molar-refractivity contribution in [2.24, 2.45) is 0 Å². The van der Waals surface area contributed by atoms with Crippen LogP contribution in [0.1, 0.15) is 22.3 Å². The number of benzene rings is 2. The molecular weight excluding hydrogens is 284 g/mol. The van der Waals surface area contributed by atoms with E-state index in [4.69, 9.17) is 19.7 Å². The minimum atomic E-state index is -0.738. The van der Waals surface area contributed by atoms with E-state index in [-0.39, 0.29) is 26.4 Å². The number of carbonyl (C=O) groups excluding carboxylic acids is 1. The Morgan fingerprint density at radius 3 is 1.32 bits per heavy atom. The van der Waals surface area contributed by atoms with Crippen LogP contribution in [0.4, 0.5) is 4.79 Å². The van der Waals surface area contributed by atoms with Crippen LogP contribution in [0.2, 0.25) is 0 Å². The van der Waals surface area contributed by atoms with Crippen molar-refractivity contribution < 1.29 is 24.5 Å². The molecule has 0 atom stereocenters. The highest BCUT2D eigenvalue weighted by molar-refractivity contribution is 5.60. The summed E-state index contributed by atoms with van der Waals surface area (Å²) in [5.74, 6) is 0. The van der Waals surface area contributed by atoms with Gasteiger partial charge in [-0.05, 0) is 22.3 Å². The molecule has 0 unspecified atom stereocenters. The van der Waals surface area contributed by atoms with Crippen molar-refractivity contribution in [3.8, 4) is 0 Å². The lowest BCUT2D eigenvalue weighted by molar-refractivity contribution is 0.0446. The third kappa shape index (κ3) is 4.87. The zero-order valence-corrected chi connectivity index (χ0v) is 12.1. The second-order valence-electron chi connectivity index (χ2n) is 4.78. The Kier molecular flexibility index (Phi) is 5.94. The van der Waals surface area contributed by atoms with Gasteiger partial charge in [0.1, 0.15) is 13.2 Å². The molecule has 116 valence electrons. The quantitative estimate of drug-likeness (QED) is 0.802. The maximum atomic E-state index is 11.5. The molecule has 0 saturated heterocycles. The van der Waals surface area contributed by atoms with Crippen LogP contribution < -0.4 is 0 Å². The number of carbonyl (C=O) groups is 1. The van der Waals surface area contributed by atoms with Crippen molar-refractivity contribution in [2.75, 3.05) is 0 Å². The summed E-state index contributed by atoms with van der Waals surface area (Å²) in [5, 5.41) is 17.9. The number of rotatable bonds is 6. The average molecular weight is 302 g/mol. The molecule has 0 bridgehead atoms. The van der Waals surface area contributed by atoms with E-state index in [9.17, 15) is 4.79 Å². The molecule has 0 aliphatic carbocycles. The van der Waals surface area contributed by atoms with Crippen LogP contribution in [-0.2, 0) is 35.9 Å². The minimum Gasteiger partial charge on any atom is -0.429 e. The van der Waals surface area contributed by atoms with E-state index in [1.54, 1.807) is 48.5 Å². The third-order valence-electron chi connectivity index (χ3n) is 3.12. The molecule has 0 amide bonds. The van der Waals surface area contributed by atoms with Gasteiger partial charge in [0.15, 0.2) is 0 Å². The van der Waals surface area contributed by atoms with Crippen molar-refractivity contribution in [1.29, 1.82) is 0 Å². The minimum absolute atomic E-state index is 0.0156. The van der Waals surface area contributed by atoms with Crippen LogP contribution in [0.5, 0.6) is 0 Å². The topological polar surface area (TPSA) is 76.0 Å². The second kappa shape index (κ2) is 8.17. The third-order valence-corrected chi connectivity index (χ3v) is 3.12. The fourth-order valence-electron chi connectivity index (χ4n) is 1.81. The molecule has 2 N–H and O–H groups in total. The predicted octanol–water partition coefficient (Wildman–Crippen LogP) is 2.52. The highest BCUT2D eigenvalue weighted by Crippen LogP contribution is 2.08. The molecule has 0 radical (unpaired) electrons. The highest BCUT2D eigenvalue weighted by Gasteiger charge is 2.05. The van der Waals surface area contributed by atoms with E-state index in [0.717, 1.165) is 22.3 Å². The standard InChI is InChI=1S/C17H18O5/c18-9-13-1-5-15(6-2-13)11-21-17(20)22-12-16-7-3-14(10-19)4-8-16/h1-8,18-19H,9-12H2. The molecule has 22 heavy (non-hydrogen) atoms. The maximum Gasteiger partial charge on any atom is 0.508 e. The molecule has 0 saturated carbocycles. The van der Waals surface area contributed by atoms with Gasteiger partial charge in [-0.15, -0.1) is 0 Å². The first-order valence-electron chi connectivity index (χ1n) is 6.88. The Morgan fingerprint density at radius 2 is 1.00 bits per heavy atom. The summed E-state index contributed by atoms with van der Waals surface area (Å²) in [6.07, 6.45) is -0.738. The molecule has 0 fully saturated rings. The van der Waals surface area contributed by atoms with Gasteiger partial charge < -0.3 is 19.7 Å². The molecule has 5 heteroatoms. The van der Waals surface area contributed by atoms with Crippen LogP contribution in [0.25, 0.3) is 0 Å². The number of hydrogen-bond donors (Lipinski definition) is 2. The van der Waals surface area contributed by atoms with Gasteiger partial charge in [-0.1, -0.05) is 48.5 Å². The summed E-state index contributed by atoms with van der Waals surface area (Å²) in [6, 6.07) is 14.2. The first kappa shape index (κ1) is 16.0. The largest absolute Gasteiger partial charge is 0.508 e. The van der Waals surface area contributed by atoms with Gasteiger partial charge in [0.25, 0.3) is 0 Å². The summed E-state index contributed by atoms with van der Waals surface area (Å²) in [4.78, 5) is 11.5. The van der Waals surface area contributed by atoms with Crippen molar-refractivity contribution >= 4 is 6.16 Å². The van der Waals surface area contributed by atoms with Crippen molar-refractivity contribution in [2.45, 2.75) is 26.4 Å². The lowest BCUT2D eigenvalue weighted by Gasteiger charge is -2.07. The fraction of sp³-hybridized carbons (Fsp3) is 0.235. The summed E-state index contributed by atoms with van der Waals surface area (Å²) in [7, 11) is 0. The van der Waals surface area contributed by atoms with Gasteiger partial charge in [0.05, 0.1) is 13.2 Å². The van der Waals surface area contributed by atoms with Crippen LogP contribution in [0.3, 0.4) is 0 Å². The van der Waals surface area contributed by atoms with Gasteiger partial charge in [-0.3, -0.25) is 0 Å². The summed E-state index contributed by atoms with van der Waals surface area (Å²) in [5.41, 5.74) is 3.25. The van der Waals surface area contributed by atoms with Crippen LogP contribution >= 0.6 is 0 Å². The Labute approximate surface area is 128 Å². The van der Waals surface area contributed by atoms with E-state index in [1.807, 2.05) is 0 Å². The van der Waals surface area contributed by atoms with Gasteiger partial charge in [-0.2, -0.15) is 0 Å². The van der Waals surface area contributed by atoms with Gasteiger partial charge in [-0.25, -0.2) is 4.79 Å². The molecule has 0 spiro atoms. The molecule has 2 aromatic rings. The fourth-order valence-corrected chi connectivity index (χ4v) is 1.81. The number of hydrogen-bond acceptors (Lipinski definition) is 5. The smallest absolute Gasteiger partial charge is 0.429 e. The molecule has 5 nitrogen and oxygen atoms in total. The van der Waals surface area contributed by atoms with Crippen LogP contribution in [0, 0.1) is 0 Å². The summed E-state index contributed by atoms with van der Waals surface area (Å²) in [6.45, 7) is 0.207. The molecule has 0 aliphatic rings. The maximum absolute atomic E-state index is 11.5. The molecule has 0 heterocycles. The van der Waals surface area contributed by atoms with E-state index in [2.05, 4.69) is 0 Å². The van der Waals surface area contributed by atoms with E-state index >= 15 is 0 Å². The monoisotopic (exact) mass is 302 g/mol. The second-order valence-corrected chi connectivity index (χ2v) is 4.78. The SMILES string of the molecule is O=C(OCc1ccc(CO)cc1)OCc1ccc(CO)cc1. The lowest BCUT2D eigenvalue weighted by Crippen LogP contribution is -2.07. The lowest BCUT2D eigenvalue weighted by atomic mass is 10.1. The molecule has 2 rings (SSSR count).